The second-order valence-electron chi connectivity index (χ2n) is 5.23. The van der Waals surface area contributed by atoms with Gasteiger partial charge in [0.15, 0.2) is 0 Å². The molecule has 2 fully saturated rings. The first-order valence-corrected chi connectivity index (χ1v) is 7.62. The van der Waals surface area contributed by atoms with Crippen LogP contribution in [0.4, 0.5) is 0 Å². The lowest BCUT2D eigenvalue weighted by atomic mass is 10.3. The lowest BCUT2D eigenvalue weighted by Gasteiger charge is -2.11. The van der Waals surface area contributed by atoms with Gasteiger partial charge in [-0.3, -0.25) is 9.69 Å². The first kappa shape index (κ1) is 12.1. The van der Waals surface area contributed by atoms with E-state index in [9.17, 15) is 4.79 Å². The molecule has 0 spiro atoms. The van der Waals surface area contributed by atoms with Crippen molar-refractivity contribution >= 4 is 17.2 Å². The Labute approximate surface area is 111 Å². The molecule has 1 aromatic rings. The normalized spacial score (nSPS) is 20.2. The smallest absolute Gasteiger partial charge is 0.226 e. The van der Waals surface area contributed by atoms with Crippen LogP contribution in [0.25, 0.3) is 0 Å². The lowest BCUT2D eigenvalue weighted by molar-refractivity contribution is -0.120. The second kappa shape index (κ2) is 5.36. The van der Waals surface area contributed by atoms with Gasteiger partial charge in [-0.2, -0.15) is 0 Å². The number of amides is 1. The van der Waals surface area contributed by atoms with Crippen molar-refractivity contribution in [1.29, 1.82) is 0 Å². The molecule has 1 aliphatic carbocycles. The highest BCUT2D eigenvalue weighted by molar-refractivity contribution is 7.09. The Hall–Kier alpha value is -0.940. The van der Waals surface area contributed by atoms with Crippen molar-refractivity contribution in [3.8, 4) is 0 Å². The Bertz CT molecular complexity index is 422. The molecule has 2 heterocycles. The minimum Gasteiger partial charge on any atom is -0.353 e. The average Bonchev–Trinajstić information content (AvgIpc) is 2.84. The van der Waals surface area contributed by atoms with E-state index >= 15 is 0 Å². The molecule has 1 saturated carbocycles. The van der Waals surface area contributed by atoms with E-state index in [1.807, 2.05) is 5.38 Å². The Kier molecular flexibility index (Phi) is 3.61. The van der Waals surface area contributed by atoms with Gasteiger partial charge in [0.2, 0.25) is 5.91 Å². The largest absolute Gasteiger partial charge is 0.353 e. The Morgan fingerprint density at radius 2 is 2.22 bits per heavy atom. The molecule has 1 saturated heterocycles. The van der Waals surface area contributed by atoms with E-state index in [0.29, 0.717) is 12.5 Å². The van der Waals surface area contributed by atoms with Crippen LogP contribution in [0.3, 0.4) is 0 Å². The van der Waals surface area contributed by atoms with Crippen LogP contribution in [-0.2, 0) is 17.8 Å². The van der Waals surface area contributed by atoms with Crippen LogP contribution in [0.1, 0.15) is 36.4 Å². The highest BCUT2D eigenvalue weighted by Gasteiger charge is 2.23. The lowest BCUT2D eigenvalue weighted by Crippen LogP contribution is -2.27. The topological polar surface area (TPSA) is 45.2 Å². The molecule has 0 aromatic carbocycles. The number of carbonyl (C=O) groups excluding carboxylic acids is 1. The molecule has 2 aliphatic rings. The van der Waals surface area contributed by atoms with E-state index < -0.39 is 0 Å². The van der Waals surface area contributed by atoms with Gasteiger partial charge in [-0.05, 0) is 38.8 Å². The molecule has 0 radical (unpaired) electrons. The molecule has 3 rings (SSSR count). The molecule has 1 N–H and O–H groups in total. The molecule has 1 aromatic heterocycles. The molecule has 0 atom stereocenters. The van der Waals surface area contributed by atoms with Crippen LogP contribution >= 0.6 is 11.3 Å². The van der Waals surface area contributed by atoms with Crippen LogP contribution in [0.15, 0.2) is 5.38 Å². The predicted octanol–water partition coefficient (Wildman–Crippen LogP) is 1.56. The van der Waals surface area contributed by atoms with Crippen molar-refractivity contribution in [1.82, 2.24) is 15.2 Å². The molecule has 1 aliphatic heterocycles. The molecule has 4 nitrogen and oxygen atoms in total. The fraction of sp³-hybridized carbons (Fsp3) is 0.692. The number of aromatic nitrogens is 1. The summed E-state index contributed by atoms with van der Waals surface area (Å²) >= 11 is 1.68. The fourth-order valence-corrected chi connectivity index (χ4v) is 3.14. The van der Waals surface area contributed by atoms with Gasteiger partial charge >= 0.3 is 0 Å². The quantitative estimate of drug-likeness (QED) is 0.879. The van der Waals surface area contributed by atoms with E-state index in [-0.39, 0.29) is 5.91 Å². The number of carbonyl (C=O) groups is 1. The van der Waals surface area contributed by atoms with Gasteiger partial charge in [-0.15, -0.1) is 11.3 Å². The molecular weight excluding hydrogens is 246 g/mol. The first-order chi connectivity index (χ1) is 8.79. The summed E-state index contributed by atoms with van der Waals surface area (Å²) in [6.45, 7) is 3.34. The standard InChI is InChI=1S/C13H19N3OS/c17-12(14-10-3-4-10)7-11-9-18-13(15-11)8-16-5-1-2-6-16/h9-10H,1-8H2,(H,14,17). The minimum absolute atomic E-state index is 0.121. The SMILES string of the molecule is O=C(Cc1csc(CN2CCCC2)n1)NC1CC1. The van der Waals surface area contributed by atoms with Crippen LogP contribution in [-0.4, -0.2) is 34.9 Å². The monoisotopic (exact) mass is 265 g/mol. The van der Waals surface area contributed by atoms with Gasteiger partial charge in [0, 0.05) is 11.4 Å². The molecule has 18 heavy (non-hydrogen) atoms. The third kappa shape index (κ3) is 3.29. The molecule has 1 amide bonds. The molecular formula is C13H19N3OS. The highest BCUT2D eigenvalue weighted by atomic mass is 32.1. The third-order valence-corrected chi connectivity index (χ3v) is 4.32. The number of hydrogen-bond acceptors (Lipinski definition) is 4. The maximum absolute atomic E-state index is 11.7. The van der Waals surface area contributed by atoms with Crippen molar-refractivity contribution in [2.24, 2.45) is 0 Å². The summed E-state index contributed by atoms with van der Waals surface area (Å²) < 4.78 is 0. The fourth-order valence-electron chi connectivity index (χ4n) is 2.31. The highest BCUT2D eigenvalue weighted by Crippen LogP contribution is 2.19. The van der Waals surface area contributed by atoms with E-state index in [1.54, 1.807) is 11.3 Å². The number of nitrogens with one attached hydrogen (secondary N) is 1. The molecule has 0 unspecified atom stereocenters. The maximum atomic E-state index is 11.7. The number of thiazole rings is 1. The summed E-state index contributed by atoms with van der Waals surface area (Å²) in [5.74, 6) is 0.121. The Morgan fingerprint density at radius 3 is 2.94 bits per heavy atom. The zero-order chi connectivity index (χ0) is 12.4. The Morgan fingerprint density at radius 1 is 1.44 bits per heavy atom. The summed E-state index contributed by atoms with van der Waals surface area (Å²) in [5, 5.41) is 6.17. The minimum atomic E-state index is 0.121. The van der Waals surface area contributed by atoms with Crippen molar-refractivity contribution in [2.45, 2.75) is 44.7 Å². The van der Waals surface area contributed by atoms with Crippen molar-refractivity contribution in [2.75, 3.05) is 13.1 Å². The van der Waals surface area contributed by atoms with Gasteiger partial charge in [-0.1, -0.05) is 0 Å². The van der Waals surface area contributed by atoms with Crippen molar-refractivity contribution in [3.63, 3.8) is 0 Å². The van der Waals surface area contributed by atoms with Crippen LogP contribution < -0.4 is 5.32 Å². The van der Waals surface area contributed by atoms with Gasteiger partial charge in [-0.25, -0.2) is 4.98 Å². The summed E-state index contributed by atoms with van der Waals surface area (Å²) in [5.41, 5.74) is 0.923. The summed E-state index contributed by atoms with van der Waals surface area (Å²) in [6.07, 6.45) is 5.34. The molecule has 98 valence electrons. The van der Waals surface area contributed by atoms with E-state index in [2.05, 4.69) is 15.2 Å². The van der Waals surface area contributed by atoms with Crippen LogP contribution in [0.5, 0.6) is 0 Å². The van der Waals surface area contributed by atoms with Crippen LogP contribution in [0, 0.1) is 0 Å². The summed E-state index contributed by atoms with van der Waals surface area (Å²) in [4.78, 5) is 18.7. The van der Waals surface area contributed by atoms with Gasteiger partial charge in [0.1, 0.15) is 5.01 Å². The number of likely N-dealkylation sites (tertiary alicyclic amines) is 1. The summed E-state index contributed by atoms with van der Waals surface area (Å²) in [6, 6.07) is 0.445. The second-order valence-corrected chi connectivity index (χ2v) is 6.18. The van der Waals surface area contributed by atoms with E-state index in [4.69, 9.17) is 0 Å². The van der Waals surface area contributed by atoms with Gasteiger partial charge < -0.3 is 5.32 Å². The third-order valence-electron chi connectivity index (χ3n) is 3.44. The number of nitrogens with zero attached hydrogens (tertiary/aromatic N) is 2. The average molecular weight is 265 g/mol. The molecule has 5 heteroatoms. The maximum Gasteiger partial charge on any atom is 0.226 e. The van der Waals surface area contributed by atoms with E-state index in [1.165, 1.54) is 25.9 Å². The van der Waals surface area contributed by atoms with Gasteiger partial charge in [0.05, 0.1) is 18.7 Å². The van der Waals surface area contributed by atoms with Crippen molar-refractivity contribution < 1.29 is 4.79 Å². The van der Waals surface area contributed by atoms with E-state index in [0.717, 1.165) is 30.1 Å². The van der Waals surface area contributed by atoms with Crippen LogP contribution in [0.2, 0.25) is 0 Å². The first-order valence-electron chi connectivity index (χ1n) is 6.74. The zero-order valence-corrected chi connectivity index (χ0v) is 11.3. The predicted molar refractivity (Wildman–Crippen MR) is 71.5 cm³/mol. The molecule has 0 bridgehead atoms. The number of hydrogen-bond donors (Lipinski definition) is 1. The Balaban J connectivity index is 1.50. The van der Waals surface area contributed by atoms with Gasteiger partial charge in [0.25, 0.3) is 0 Å². The van der Waals surface area contributed by atoms with Crippen molar-refractivity contribution in [3.05, 3.63) is 16.1 Å². The number of rotatable bonds is 5. The zero-order valence-electron chi connectivity index (χ0n) is 10.5. The summed E-state index contributed by atoms with van der Waals surface area (Å²) in [7, 11) is 0.